The lowest BCUT2D eigenvalue weighted by Gasteiger charge is -2.34. The molecule has 2 heterocycles. The molecule has 2 aromatic rings. The van der Waals surface area contributed by atoms with E-state index in [2.05, 4.69) is 20.4 Å². The molecule has 1 N–H and O–H groups in total. The van der Waals surface area contributed by atoms with Crippen LogP contribution in [0.4, 0.5) is 5.82 Å². The molecule has 1 fully saturated rings. The maximum absolute atomic E-state index is 12.4. The first-order valence-corrected chi connectivity index (χ1v) is 8.74. The van der Waals surface area contributed by atoms with Gasteiger partial charge in [0.05, 0.1) is 6.04 Å². The topological polar surface area (TPSA) is 78.4 Å². The molecule has 136 valence electrons. The zero-order chi connectivity index (χ0) is 18.5. The van der Waals surface area contributed by atoms with Gasteiger partial charge < -0.3 is 15.1 Å². The number of carbonyl (C=O) groups is 2. The highest BCUT2D eigenvalue weighted by molar-refractivity contribution is 5.92. The lowest BCUT2D eigenvalue weighted by Crippen LogP contribution is -2.48. The molecule has 1 aliphatic rings. The van der Waals surface area contributed by atoms with E-state index >= 15 is 0 Å². The number of piperazine rings is 1. The Balaban J connectivity index is 1.59. The van der Waals surface area contributed by atoms with Crippen LogP contribution in [0.5, 0.6) is 0 Å². The Morgan fingerprint density at radius 1 is 1.00 bits per heavy atom. The van der Waals surface area contributed by atoms with Crippen molar-refractivity contribution >= 4 is 17.6 Å². The molecule has 26 heavy (non-hydrogen) atoms. The highest BCUT2D eigenvalue weighted by Crippen LogP contribution is 2.14. The summed E-state index contributed by atoms with van der Waals surface area (Å²) in [4.78, 5) is 27.6. The van der Waals surface area contributed by atoms with E-state index in [1.807, 2.05) is 42.2 Å². The molecule has 0 saturated carbocycles. The van der Waals surface area contributed by atoms with Crippen molar-refractivity contribution in [3.63, 3.8) is 0 Å². The second-order valence-electron chi connectivity index (χ2n) is 6.38. The minimum atomic E-state index is -0.248. The number of amides is 2. The Labute approximate surface area is 153 Å². The van der Waals surface area contributed by atoms with Gasteiger partial charge in [0, 0.05) is 33.1 Å². The summed E-state index contributed by atoms with van der Waals surface area (Å²) in [7, 11) is 0. The molecule has 7 nitrogen and oxygen atoms in total. The molecular formula is C19H23N5O2. The minimum absolute atomic E-state index is 0.0929. The number of hydrogen-bond acceptors (Lipinski definition) is 5. The number of nitrogens with one attached hydrogen (secondary N) is 1. The van der Waals surface area contributed by atoms with Gasteiger partial charge in [-0.1, -0.05) is 30.3 Å². The summed E-state index contributed by atoms with van der Waals surface area (Å²) in [6.07, 6.45) is 0. The van der Waals surface area contributed by atoms with Crippen LogP contribution in [-0.4, -0.2) is 53.1 Å². The van der Waals surface area contributed by atoms with Crippen LogP contribution < -0.4 is 10.2 Å². The van der Waals surface area contributed by atoms with Crippen molar-refractivity contribution in [2.75, 3.05) is 31.1 Å². The van der Waals surface area contributed by atoms with Crippen LogP contribution in [0.15, 0.2) is 42.5 Å². The lowest BCUT2D eigenvalue weighted by molar-refractivity contribution is -0.129. The van der Waals surface area contributed by atoms with Crippen LogP contribution in [-0.2, 0) is 4.79 Å². The number of aromatic nitrogens is 2. The molecule has 0 radical (unpaired) electrons. The van der Waals surface area contributed by atoms with Gasteiger partial charge in [-0.3, -0.25) is 9.59 Å². The maximum Gasteiger partial charge on any atom is 0.272 e. The summed E-state index contributed by atoms with van der Waals surface area (Å²) in [5.41, 5.74) is 1.33. The fraction of sp³-hybridized carbons (Fsp3) is 0.368. The average Bonchev–Trinajstić information content (AvgIpc) is 2.69. The smallest absolute Gasteiger partial charge is 0.272 e. The molecule has 1 aliphatic heterocycles. The van der Waals surface area contributed by atoms with E-state index in [1.165, 1.54) is 0 Å². The predicted octanol–water partition coefficient (Wildman–Crippen LogP) is 1.64. The van der Waals surface area contributed by atoms with E-state index in [9.17, 15) is 9.59 Å². The van der Waals surface area contributed by atoms with Crippen LogP contribution in [0.3, 0.4) is 0 Å². The second kappa shape index (κ2) is 7.95. The van der Waals surface area contributed by atoms with Gasteiger partial charge in [-0.05, 0) is 24.6 Å². The van der Waals surface area contributed by atoms with E-state index in [-0.39, 0.29) is 17.9 Å². The van der Waals surface area contributed by atoms with Crippen molar-refractivity contribution in [1.82, 2.24) is 20.4 Å². The monoisotopic (exact) mass is 353 g/mol. The van der Waals surface area contributed by atoms with Gasteiger partial charge in [-0.25, -0.2) is 0 Å². The predicted molar refractivity (Wildman–Crippen MR) is 98.8 cm³/mol. The molecule has 0 bridgehead atoms. The fourth-order valence-corrected chi connectivity index (χ4v) is 2.96. The Bertz CT molecular complexity index is 755. The van der Waals surface area contributed by atoms with Crippen LogP contribution >= 0.6 is 0 Å². The van der Waals surface area contributed by atoms with E-state index in [1.54, 1.807) is 19.1 Å². The lowest BCUT2D eigenvalue weighted by atomic mass is 10.1. The molecule has 2 amide bonds. The Morgan fingerprint density at radius 3 is 2.27 bits per heavy atom. The molecule has 1 atom stereocenters. The molecular weight excluding hydrogens is 330 g/mol. The van der Waals surface area contributed by atoms with Crippen LogP contribution in [0.25, 0.3) is 0 Å². The number of nitrogens with zero attached hydrogens (tertiary/aromatic N) is 4. The molecule has 3 rings (SSSR count). The van der Waals surface area contributed by atoms with Crippen molar-refractivity contribution in [1.29, 1.82) is 0 Å². The van der Waals surface area contributed by atoms with Gasteiger partial charge in [0.15, 0.2) is 11.5 Å². The van der Waals surface area contributed by atoms with Crippen molar-refractivity contribution in [3.05, 3.63) is 53.7 Å². The van der Waals surface area contributed by atoms with Gasteiger partial charge in [0.2, 0.25) is 5.91 Å². The summed E-state index contributed by atoms with van der Waals surface area (Å²) in [5.74, 6) is 0.568. The normalized spacial score (nSPS) is 15.5. The molecule has 1 saturated heterocycles. The van der Waals surface area contributed by atoms with Gasteiger partial charge in [-0.2, -0.15) is 0 Å². The molecule has 7 heteroatoms. The first-order chi connectivity index (χ1) is 12.5. The van der Waals surface area contributed by atoms with Crippen molar-refractivity contribution in [2.24, 2.45) is 0 Å². The molecule has 1 unspecified atom stereocenters. The quantitative estimate of drug-likeness (QED) is 0.904. The van der Waals surface area contributed by atoms with E-state index in [0.717, 1.165) is 11.4 Å². The van der Waals surface area contributed by atoms with Gasteiger partial charge in [0.1, 0.15) is 0 Å². The third kappa shape index (κ3) is 4.17. The molecule has 0 spiro atoms. The van der Waals surface area contributed by atoms with E-state index in [4.69, 9.17) is 0 Å². The standard InChI is InChI=1S/C19H23N5O2/c1-14(16-6-4-3-5-7-16)20-19(26)17-8-9-18(22-21-17)24-12-10-23(11-13-24)15(2)25/h3-9,14H,10-13H2,1-2H3,(H,20,26). The van der Waals surface area contributed by atoms with Crippen molar-refractivity contribution < 1.29 is 9.59 Å². The highest BCUT2D eigenvalue weighted by Gasteiger charge is 2.20. The summed E-state index contributed by atoms with van der Waals surface area (Å²) in [6.45, 7) is 6.29. The van der Waals surface area contributed by atoms with Crippen LogP contribution in [0, 0.1) is 0 Å². The molecule has 1 aromatic carbocycles. The van der Waals surface area contributed by atoms with Gasteiger partial charge in [-0.15, -0.1) is 10.2 Å². The Hall–Kier alpha value is -2.96. The van der Waals surface area contributed by atoms with Crippen molar-refractivity contribution in [3.8, 4) is 0 Å². The summed E-state index contributed by atoms with van der Waals surface area (Å²) < 4.78 is 0. The van der Waals surface area contributed by atoms with E-state index in [0.29, 0.717) is 31.9 Å². The third-order valence-electron chi connectivity index (χ3n) is 4.58. The summed E-state index contributed by atoms with van der Waals surface area (Å²) in [6, 6.07) is 13.2. The summed E-state index contributed by atoms with van der Waals surface area (Å²) in [5, 5.41) is 11.2. The van der Waals surface area contributed by atoms with Crippen LogP contribution in [0.1, 0.15) is 35.9 Å². The first kappa shape index (κ1) is 17.8. The van der Waals surface area contributed by atoms with Gasteiger partial charge in [0.25, 0.3) is 5.91 Å². The second-order valence-corrected chi connectivity index (χ2v) is 6.38. The zero-order valence-corrected chi connectivity index (χ0v) is 15.1. The fourth-order valence-electron chi connectivity index (χ4n) is 2.96. The number of carbonyl (C=O) groups excluding carboxylic acids is 2. The number of hydrogen-bond donors (Lipinski definition) is 1. The third-order valence-corrected chi connectivity index (χ3v) is 4.58. The van der Waals surface area contributed by atoms with Gasteiger partial charge >= 0.3 is 0 Å². The van der Waals surface area contributed by atoms with Crippen molar-refractivity contribution in [2.45, 2.75) is 19.9 Å². The molecule has 1 aromatic heterocycles. The average molecular weight is 353 g/mol. The maximum atomic E-state index is 12.4. The van der Waals surface area contributed by atoms with E-state index < -0.39 is 0 Å². The Morgan fingerprint density at radius 2 is 1.69 bits per heavy atom. The largest absolute Gasteiger partial charge is 0.352 e. The number of rotatable bonds is 4. The highest BCUT2D eigenvalue weighted by atomic mass is 16.2. The Kier molecular flexibility index (Phi) is 5.46. The SMILES string of the molecule is CC(=O)N1CCN(c2ccc(C(=O)NC(C)c3ccccc3)nn2)CC1. The molecule has 0 aliphatic carbocycles. The van der Waals surface area contributed by atoms with Crippen LogP contribution in [0.2, 0.25) is 0 Å². The summed E-state index contributed by atoms with van der Waals surface area (Å²) >= 11 is 0. The zero-order valence-electron chi connectivity index (χ0n) is 15.1. The number of anilines is 1. The number of benzene rings is 1. The first-order valence-electron chi connectivity index (χ1n) is 8.74. The minimum Gasteiger partial charge on any atom is -0.352 e.